The van der Waals surface area contributed by atoms with Crippen LogP contribution in [0.4, 0.5) is 16.5 Å². The molecule has 0 spiro atoms. The highest BCUT2D eigenvalue weighted by atomic mass is 32.1. The molecule has 4 rings (SSSR count). The number of anilines is 1. The molecule has 2 aromatic carbocycles. The maximum absolute atomic E-state index is 12.6. The molecule has 0 aliphatic heterocycles. The number of ether oxygens (including phenoxy) is 2. The van der Waals surface area contributed by atoms with Crippen LogP contribution in [0, 0.1) is 11.3 Å². The van der Waals surface area contributed by atoms with Crippen LogP contribution in [0.3, 0.4) is 0 Å². The number of nitrogens with zero attached hydrogens (tertiary/aromatic N) is 5. The van der Waals surface area contributed by atoms with Gasteiger partial charge in [0.2, 0.25) is 5.13 Å². The van der Waals surface area contributed by atoms with Gasteiger partial charge in [0, 0.05) is 23.7 Å². The van der Waals surface area contributed by atoms with Gasteiger partial charge in [-0.15, -0.1) is 21.6 Å². The Kier molecular flexibility index (Phi) is 10.4. The number of hydrogen-bond acceptors (Lipinski definition) is 10. The molecule has 2 heterocycles. The summed E-state index contributed by atoms with van der Waals surface area (Å²) >= 11 is 2.77. The van der Waals surface area contributed by atoms with Crippen LogP contribution in [0.1, 0.15) is 44.9 Å². The van der Waals surface area contributed by atoms with Crippen molar-refractivity contribution in [1.82, 2.24) is 4.98 Å². The number of unbranched alkanes of at least 4 members (excludes halogenated alkanes) is 2. The van der Waals surface area contributed by atoms with Gasteiger partial charge in [-0.2, -0.15) is 5.26 Å². The van der Waals surface area contributed by atoms with E-state index in [1.807, 2.05) is 36.4 Å². The van der Waals surface area contributed by atoms with Crippen LogP contribution in [-0.2, 0) is 4.79 Å². The Labute approximate surface area is 242 Å². The summed E-state index contributed by atoms with van der Waals surface area (Å²) in [4.78, 5) is 20.9. The van der Waals surface area contributed by atoms with E-state index in [0.717, 1.165) is 58.1 Å². The maximum Gasteiger partial charge on any atom is 0.354 e. The summed E-state index contributed by atoms with van der Waals surface area (Å²) in [7, 11) is 0. The van der Waals surface area contributed by atoms with Crippen molar-refractivity contribution in [3.8, 4) is 17.6 Å². The van der Waals surface area contributed by atoms with Gasteiger partial charge in [-0.25, -0.2) is 9.78 Å². The SMILES string of the molecule is CCCCCOc1ccc(OC(=O)/C(C#N)=C/c2cc3sc(/N=N/c4ccc(N(CC)CC)cc4)nc3s2)cc1. The van der Waals surface area contributed by atoms with Crippen LogP contribution < -0.4 is 14.4 Å². The average molecular weight is 574 g/mol. The summed E-state index contributed by atoms with van der Waals surface area (Å²) in [6, 6.07) is 18.6. The molecule has 0 aliphatic carbocycles. The predicted molar refractivity (Wildman–Crippen MR) is 162 cm³/mol. The third-order valence-electron chi connectivity index (χ3n) is 6.00. The van der Waals surface area contributed by atoms with Crippen molar-refractivity contribution in [2.45, 2.75) is 40.0 Å². The van der Waals surface area contributed by atoms with Gasteiger partial charge in [-0.3, -0.25) is 0 Å². The average Bonchev–Trinajstić information content (AvgIpc) is 3.53. The van der Waals surface area contributed by atoms with E-state index in [1.165, 1.54) is 28.7 Å². The normalized spacial score (nSPS) is 11.6. The first-order valence-electron chi connectivity index (χ1n) is 13.3. The standard InChI is InChI=1S/C30H31N5O3S2/c1-4-7-8-17-37-24-13-15-25(16-14-24)38-29(36)21(20-31)18-26-19-27-28(39-26)32-30(40-27)34-33-22-9-11-23(12-10-22)35(5-2)6-3/h9-16,18-19H,4-8,17H2,1-3H3/b21-18+,34-33+. The minimum absolute atomic E-state index is 0.0955. The number of esters is 1. The Bertz CT molecular complexity index is 1480. The van der Waals surface area contributed by atoms with Gasteiger partial charge in [0.15, 0.2) is 0 Å². The number of benzene rings is 2. The van der Waals surface area contributed by atoms with Gasteiger partial charge in [0.25, 0.3) is 0 Å². The minimum atomic E-state index is -0.717. The third kappa shape index (κ3) is 7.74. The number of thiazole rings is 1. The molecule has 0 fully saturated rings. The largest absolute Gasteiger partial charge is 0.494 e. The lowest BCUT2D eigenvalue weighted by molar-refractivity contribution is -0.129. The number of rotatable bonds is 13. The summed E-state index contributed by atoms with van der Waals surface area (Å²) in [5.41, 5.74) is 1.81. The second-order valence-corrected chi connectivity index (χ2v) is 10.9. The monoisotopic (exact) mass is 573 g/mol. The van der Waals surface area contributed by atoms with Crippen molar-refractivity contribution < 1.29 is 14.3 Å². The zero-order chi connectivity index (χ0) is 28.3. The van der Waals surface area contributed by atoms with E-state index in [4.69, 9.17) is 9.47 Å². The van der Waals surface area contributed by atoms with Crippen LogP contribution >= 0.6 is 22.7 Å². The van der Waals surface area contributed by atoms with E-state index in [0.29, 0.717) is 23.2 Å². The predicted octanol–water partition coefficient (Wildman–Crippen LogP) is 8.70. The quantitative estimate of drug-likeness (QED) is 0.0396. The zero-order valence-corrected chi connectivity index (χ0v) is 24.4. The molecular formula is C30H31N5O3S2. The van der Waals surface area contributed by atoms with E-state index in [1.54, 1.807) is 24.3 Å². The number of fused-ring (bicyclic) bond motifs is 1. The fourth-order valence-electron chi connectivity index (χ4n) is 3.86. The van der Waals surface area contributed by atoms with Gasteiger partial charge in [0.1, 0.15) is 28.0 Å². The Morgan fingerprint density at radius 3 is 2.38 bits per heavy atom. The lowest BCUT2D eigenvalue weighted by Gasteiger charge is -2.20. The highest BCUT2D eigenvalue weighted by Gasteiger charge is 2.15. The summed E-state index contributed by atoms with van der Waals surface area (Å²) < 4.78 is 12.0. The molecule has 0 atom stereocenters. The number of nitriles is 1. The molecule has 2 aromatic heterocycles. The second kappa shape index (κ2) is 14.4. The number of aromatic nitrogens is 1. The van der Waals surface area contributed by atoms with E-state index >= 15 is 0 Å². The number of carbonyl (C=O) groups excluding carboxylic acids is 1. The van der Waals surface area contributed by atoms with Crippen LogP contribution in [-0.4, -0.2) is 30.6 Å². The Morgan fingerprint density at radius 1 is 1.00 bits per heavy atom. The Balaban J connectivity index is 1.37. The third-order valence-corrected chi connectivity index (χ3v) is 8.00. The number of hydrogen-bond donors (Lipinski definition) is 0. The second-order valence-electron chi connectivity index (χ2n) is 8.79. The van der Waals surface area contributed by atoms with Crippen molar-refractivity contribution in [1.29, 1.82) is 5.26 Å². The van der Waals surface area contributed by atoms with Crippen molar-refractivity contribution in [2.75, 3.05) is 24.6 Å². The van der Waals surface area contributed by atoms with Crippen LogP contribution in [0.15, 0.2) is 70.4 Å². The van der Waals surface area contributed by atoms with Crippen LogP contribution in [0.5, 0.6) is 11.5 Å². The smallest absolute Gasteiger partial charge is 0.354 e. The van der Waals surface area contributed by atoms with Crippen molar-refractivity contribution in [2.24, 2.45) is 10.2 Å². The molecule has 4 aromatic rings. The molecule has 40 heavy (non-hydrogen) atoms. The molecule has 0 aliphatic rings. The minimum Gasteiger partial charge on any atom is -0.494 e. The summed E-state index contributed by atoms with van der Waals surface area (Å²) in [6.07, 6.45) is 4.77. The van der Waals surface area contributed by atoms with E-state index in [-0.39, 0.29) is 5.57 Å². The first kappa shape index (κ1) is 28.9. The zero-order valence-electron chi connectivity index (χ0n) is 22.8. The Morgan fingerprint density at radius 2 is 1.73 bits per heavy atom. The Hall–Kier alpha value is -4.07. The van der Waals surface area contributed by atoms with Crippen molar-refractivity contribution in [3.63, 3.8) is 0 Å². The first-order chi connectivity index (χ1) is 19.5. The first-order valence-corrected chi connectivity index (χ1v) is 14.9. The molecule has 0 N–H and O–H groups in total. The maximum atomic E-state index is 12.6. The lowest BCUT2D eigenvalue weighted by atomic mass is 10.2. The molecule has 0 radical (unpaired) electrons. The number of carbonyl (C=O) groups is 1. The molecular weight excluding hydrogens is 542 g/mol. The lowest BCUT2D eigenvalue weighted by Crippen LogP contribution is -2.21. The molecule has 0 saturated carbocycles. The summed E-state index contributed by atoms with van der Waals surface area (Å²) in [5, 5.41) is 18.7. The van der Waals surface area contributed by atoms with Gasteiger partial charge < -0.3 is 14.4 Å². The molecule has 0 amide bonds. The summed E-state index contributed by atoms with van der Waals surface area (Å²) in [5.74, 6) is 0.342. The van der Waals surface area contributed by atoms with E-state index in [9.17, 15) is 10.1 Å². The number of azo groups is 1. The molecule has 0 saturated heterocycles. The molecule has 10 heteroatoms. The summed E-state index contributed by atoms with van der Waals surface area (Å²) in [6.45, 7) is 8.95. The highest BCUT2D eigenvalue weighted by Crippen LogP contribution is 2.36. The molecule has 8 nitrogen and oxygen atoms in total. The molecule has 0 bridgehead atoms. The van der Waals surface area contributed by atoms with Gasteiger partial charge in [-0.1, -0.05) is 31.1 Å². The van der Waals surface area contributed by atoms with Gasteiger partial charge >= 0.3 is 5.97 Å². The van der Waals surface area contributed by atoms with Gasteiger partial charge in [-0.05, 0) is 80.9 Å². The highest BCUT2D eigenvalue weighted by molar-refractivity contribution is 7.29. The van der Waals surface area contributed by atoms with Gasteiger partial charge in [0.05, 0.1) is 17.0 Å². The van der Waals surface area contributed by atoms with Crippen LogP contribution in [0.2, 0.25) is 0 Å². The van der Waals surface area contributed by atoms with Crippen molar-refractivity contribution in [3.05, 3.63) is 65.0 Å². The van der Waals surface area contributed by atoms with Crippen molar-refractivity contribution >= 4 is 60.8 Å². The topological polar surface area (TPSA) is 100 Å². The van der Waals surface area contributed by atoms with E-state index < -0.39 is 5.97 Å². The van der Waals surface area contributed by atoms with Crippen LogP contribution in [0.25, 0.3) is 15.6 Å². The number of thiophene rings is 1. The fourth-order valence-corrected chi connectivity index (χ4v) is 5.85. The molecule has 0 unspecified atom stereocenters. The molecule has 206 valence electrons. The van der Waals surface area contributed by atoms with E-state index in [2.05, 4.69) is 40.9 Å². The fraction of sp³-hybridized carbons (Fsp3) is 0.300.